The number of halogens is 1. The van der Waals surface area contributed by atoms with Gasteiger partial charge in [0, 0.05) is 30.6 Å². The van der Waals surface area contributed by atoms with Crippen molar-refractivity contribution in [3.05, 3.63) is 0 Å². The first-order valence-electron chi connectivity index (χ1n) is 5.53. The minimum atomic E-state index is 0. The van der Waals surface area contributed by atoms with Gasteiger partial charge in [0.1, 0.15) is 0 Å². The van der Waals surface area contributed by atoms with E-state index in [1.165, 1.54) is 0 Å². The summed E-state index contributed by atoms with van der Waals surface area (Å²) in [5.74, 6) is 0.325. The van der Waals surface area contributed by atoms with Crippen LogP contribution in [0.3, 0.4) is 0 Å². The Morgan fingerprint density at radius 1 is 1.33 bits per heavy atom. The Bertz CT molecular complexity index is 243. The number of hydrogen-bond acceptors (Lipinski definition) is 3. The largest absolute Gasteiger partial charge is 0.325 e. The van der Waals surface area contributed by atoms with Crippen molar-refractivity contribution < 1.29 is 0 Å². The van der Waals surface area contributed by atoms with Crippen molar-refractivity contribution in [3.8, 4) is 6.07 Å². The summed E-state index contributed by atoms with van der Waals surface area (Å²) in [6.07, 6.45) is 4.36. The van der Waals surface area contributed by atoms with Gasteiger partial charge in [-0.2, -0.15) is 5.26 Å². The van der Waals surface area contributed by atoms with Gasteiger partial charge in [-0.3, -0.25) is 0 Å². The quantitative estimate of drug-likeness (QED) is 0.742. The van der Waals surface area contributed by atoms with E-state index < -0.39 is 0 Å². The summed E-state index contributed by atoms with van der Waals surface area (Å²) in [5, 5.41) is 8.70. The number of likely N-dealkylation sites (tertiary alicyclic amines) is 1. The molecule has 0 aromatic heterocycles. The predicted octanol–water partition coefficient (Wildman–Crippen LogP) is 1.52. The van der Waals surface area contributed by atoms with Gasteiger partial charge in [0.2, 0.25) is 0 Å². The van der Waals surface area contributed by atoms with Gasteiger partial charge in [0.05, 0.1) is 6.07 Å². The van der Waals surface area contributed by atoms with E-state index in [1.54, 1.807) is 0 Å². The standard InChI is InChI=1S/C11H19N3.ClH/c1-11(13)2-4-14(5-3-11)10-6-9(7-10)8-12;/h9-10H,2-7,13H2,1H3;1H. The molecule has 1 saturated carbocycles. The first-order chi connectivity index (χ1) is 6.61. The van der Waals surface area contributed by atoms with E-state index in [9.17, 15) is 0 Å². The van der Waals surface area contributed by atoms with E-state index in [0.29, 0.717) is 12.0 Å². The number of nitrogens with two attached hydrogens (primary N) is 1. The van der Waals surface area contributed by atoms with Crippen LogP contribution in [0.15, 0.2) is 0 Å². The second-order valence-electron chi connectivity index (χ2n) is 5.14. The molecule has 3 nitrogen and oxygen atoms in total. The molecule has 2 fully saturated rings. The molecule has 0 atom stereocenters. The Hall–Kier alpha value is -0.300. The summed E-state index contributed by atoms with van der Waals surface area (Å²) in [5.41, 5.74) is 6.12. The van der Waals surface area contributed by atoms with Gasteiger partial charge in [-0.1, -0.05) is 0 Å². The highest BCUT2D eigenvalue weighted by molar-refractivity contribution is 5.85. The molecule has 0 aromatic carbocycles. The van der Waals surface area contributed by atoms with Gasteiger partial charge >= 0.3 is 0 Å². The Morgan fingerprint density at radius 3 is 2.33 bits per heavy atom. The van der Waals surface area contributed by atoms with Crippen LogP contribution in [-0.4, -0.2) is 29.6 Å². The molecule has 0 radical (unpaired) electrons. The number of piperidine rings is 1. The summed E-state index contributed by atoms with van der Waals surface area (Å²) >= 11 is 0. The van der Waals surface area contributed by atoms with Crippen LogP contribution in [0.1, 0.15) is 32.6 Å². The summed E-state index contributed by atoms with van der Waals surface area (Å²) < 4.78 is 0. The van der Waals surface area contributed by atoms with E-state index >= 15 is 0 Å². The van der Waals surface area contributed by atoms with Crippen molar-refractivity contribution >= 4 is 12.4 Å². The van der Waals surface area contributed by atoms with Gasteiger partial charge < -0.3 is 10.6 Å². The molecule has 0 spiro atoms. The molecule has 1 saturated heterocycles. The summed E-state index contributed by atoms with van der Waals surface area (Å²) in [7, 11) is 0. The molecule has 1 aliphatic carbocycles. The fraction of sp³-hybridized carbons (Fsp3) is 0.909. The lowest BCUT2D eigenvalue weighted by Crippen LogP contribution is -2.54. The molecule has 2 rings (SSSR count). The molecule has 4 heteroatoms. The van der Waals surface area contributed by atoms with Crippen molar-refractivity contribution in [2.75, 3.05) is 13.1 Å². The van der Waals surface area contributed by atoms with Crippen LogP contribution in [0.25, 0.3) is 0 Å². The molecule has 0 bridgehead atoms. The Morgan fingerprint density at radius 2 is 1.87 bits per heavy atom. The van der Waals surface area contributed by atoms with Gasteiger partial charge in [0.15, 0.2) is 0 Å². The van der Waals surface area contributed by atoms with Gasteiger partial charge in [-0.15, -0.1) is 12.4 Å². The van der Waals surface area contributed by atoms with Gasteiger partial charge in [-0.25, -0.2) is 0 Å². The van der Waals surface area contributed by atoms with Crippen LogP contribution in [0, 0.1) is 17.2 Å². The first kappa shape index (κ1) is 12.8. The highest BCUT2D eigenvalue weighted by atomic mass is 35.5. The predicted molar refractivity (Wildman–Crippen MR) is 62.8 cm³/mol. The normalized spacial score (nSPS) is 34.7. The van der Waals surface area contributed by atoms with Gasteiger partial charge in [-0.05, 0) is 32.6 Å². The van der Waals surface area contributed by atoms with E-state index in [1.807, 2.05) is 0 Å². The molecule has 0 unspecified atom stereocenters. The van der Waals surface area contributed by atoms with E-state index in [0.717, 1.165) is 38.8 Å². The summed E-state index contributed by atoms with van der Waals surface area (Å²) in [4.78, 5) is 2.52. The molecular weight excluding hydrogens is 210 g/mol. The van der Waals surface area contributed by atoms with Crippen LogP contribution in [0.4, 0.5) is 0 Å². The average Bonchev–Trinajstić information content (AvgIpc) is 2.06. The smallest absolute Gasteiger partial charge is 0.0657 e. The van der Waals surface area contributed by atoms with Crippen LogP contribution in [0.5, 0.6) is 0 Å². The van der Waals surface area contributed by atoms with E-state index in [2.05, 4.69) is 17.9 Å². The summed E-state index contributed by atoms with van der Waals surface area (Å²) in [6.45, 7) is 4.38. The average molecular weight is 230 g/mol. The molecule has 0 amide bonds. The SMILES string of the molecule is CC1(N)CCN(C2CC(C#N)C2)CC1.Cl. The first-order valence-corrected chi connectivity index (χ1v) is 5.53. The molecule has 15 heavy (non-hydrogen) atoms. The number of hydrogen-bond donors (Lipinski definition) is 1. The highest BCUT2D eigenvalue weighted by Crippen LogP contribution is 2.33. The molecule has 1 heterocycles. The van der Waals surface area contributed by atoms with Crippen molar-refractivity contribution in [3.63, 3.8) is 0 Å². The minimum absolute atomic E-state index is 0. The maximum absolute atomic E-state index is 8.70. The third-order valence-electron chi connectivity index (χ3n) is 3.75. The maximum Gasteiger partial charge on any atom is 0.0657 e. The monoisotopic (exact) mass is 229 g/mol. The zero-order valence-electron chi connectivity index (χ0n) is 9.28. The topological polar surface area (TPSA) is 53.0 Å². The maximum atomic E-state index is 8.70. The van der Waals surface area contributed by atoms with E-state index in [4.69, 9.17) is 11.0 Å². The Kier molecular flexibility index (Phi) is 3.99. The zero-order valence-corrected chi connectivity index (χ0v) is 10.1. The van der Waals surface area contributed by atoms with Gasteiger partial charge in [0.25, 0.3) is 0 Å². The van der Waals surface area contributed by atoms with Crippen LogP contribution in [0.2, 0.25) is 0 Å². The number of nitriles is 1. The van der Waals surface area contributed by atoms with E-state index in [-0.39, 0.29) is 17.9 Å². The molecule has 0 aromatic rings. The molecule has 86 valence electrons. The number of nitrogens with zero attached hydrogens (tertiary/aromatic N) is 2. The third-order valence-corrected chi connectivity index (χ3v) is 3.75. The highest BCUT2D eigenvalue weighted by Gasteiger charge is 2.36. The molecule has 2 N–H and O–H groups in total. The third kappa shape index (κ3) is 2.84. The molecule has 2 aliphatic rings. The van der Waals surface area contributed by atoms with Crippen molar-refractivity contribution in [2.24, 2.45) is 11.7 Å². The lowest BCUT2D eigenvalue weighted by atomic mass is 9.78. The second-order valence-corrected chi connectivity index (χ2v) is 5.14. The Balaban J connectivity index is 0.00000112. The zero-order chi connectivity index (χ0) is 10.2. The lowest BCUT2D eigenvalue weighted by molar-refractivity contribution is 0.0608. The fourth-order valence-electron chi connectivity index (χ4n) is 2.39. The lowest BCUT2D eigenvalue weighted by Gasteiger charge is -2.45. The second kappa shape index (κ2) is 4.69. The molecule has 1 aliphatic heterocycles. The van der Waals surface area contributed by atoms with Crippen LogP contribution < -0.4 is 5.73 Å². The molecular formula is C11H20ClN3. The number of rotatable bonds is 1. The Labute approximate surface area is 98.0 Å². The summed E-state index contributed by atoms with van der Waals surface area (Å²) in [6, 6.07) is 3.01. The minimum Gasteiger partial charge on any atom is -0.325 e. The van der Waals surface area contributed by atoms with Crippen LogP contribution >= 0.6 is 12.4 Å². The van der Waals surface area contributed by atoms with Crippen molar-refractivity contribution in [1.29, 1.82) is 5.26 Å². The fourth-order valence-corrected chi connectivity index (χ4v) is 2.39. The van der Waals surface area contributed by atoms with Crippen molar-refractivity contribution in [2.45, 2.75) is 44.2 Å². The van der Waals surface area contributed by atoms with Crippen LogP contribution in [-0.2, 0) is 0 Å². The van der Waals surface area contributed by atoms with Crippen molar-refractivity contribution in [1.82, 2.24) is 4.90 Å².